The Bertz CT molecular complexity index is 735. The van der Waals surface area contributed by atoms with E-state index in [1.165, 1.54) is 6.26 Å². The van der Waals surface area contributed by atoms with Crippen LogP contribution in [0.3, 0.4) is 0 Å². The van der Waals surface area contributed by atoms with Crippen molar-refractivity contribution >= 4 is 15.8 Å². The molecule has 0 aromatic heterocycles. The highest BCUT2D eigenvalue weighted by Gasteiger charge is 2.16. The van der Waals surface area contributed by atoms with Gasteiger partial charge in [-0.1, -0.05) is 0 Å². The van der Waals surface area contributed by atoms with Crippen molar-refractivity contribution in [2.24, 2.45) is 4.99 Å². The maximum atomic E-state index is 11.3. The Balaban J connectivity index is 2.94. The van der Waals surface area contributed by atoms with Crippen molar-refractivity contribution < 1.29 is 22.6 Å². The van der Waals surface area contributed by atoms with E-state index < -0.39 is 9.84 Å². The first-order valence-electron chi connectivity index (χ1n) is 8.76. The third-order valence-electron chi connectivity index (χ3n) is 3.84. The lowest BCUT2D eigenvalue weighted by atomic mass is 10.1. The van der Waals surface area contributed by atoms with Gasteiger partial charge < -0.3 is 24.8 Å². The molecule has 0 heterocycles. The molecule has 1 atom stereocenters. The Morgan fingerprint density at radius 3 is 2.33 bits per heavy atom. The van der Waals surface area contributed by atoms with E-state index in [9.17, 15) is 8.42 Å². The molecule has 0 aliphatic heterocycles. The molecule has 2 N–H and O–H groups in total. The second-order valence-corrected chi connectivity index (χ2v) is 8.41. The molecule has 1 aromatic carbocycles. The molecule has 0 aliphatic rings. The second kappa shape index (κ2) is 10.9. The van der Waals surface area contributed by atoms with E-state index in [0.29, 0.717) is 42.7 Å². The lowest BCUT2D eigenvalue weighted by molar-refractivity contribution is 0.322. The van der Waals surface area contributed by atoms with Gasteiger partial charge >= 0.3 is 0 Å². The molecule has 1 rings (SSSR count). The van der Waals surface area contributed by atoms with Crippen molar-refractivity contribution in [2.75, 3.05) is 39.9 Å². The van der Waals surface area contributed by atoms with Crippen molar-refractivity contribution in [2.45, 2.75) is 32.9 Å². The Kier molecular flexibility index (Phi) is 9.20. The maximum Gasteiger partial charge on any atom is 0.203 e. The minimum atomic E-state index is -2.99. The van der Waals surface area contributed by atoms with Crippen LogP contribution in [0.4, 0.5) is 0 Å². The molecule has 0 amide bonds. The van der Waals surface area contributed by atoms with Crippen molar-refractivity contribution in [3.05, 3.63) is 17.7 Å². The number of sulfone groups is 1. The molecular weight excluding hydrogens is 370 g/mol. The summed E-state index contributed by atoms with van der Waals surface area (Å²) < 4.78 is 38.8. The van der Waals surface area contributed by atoms with Gasteiger partial charge in [-0.05, 0) is 32.4 Å². The van der Waals surface area contributed by atoms with Crippen LogP contribution >= 0.6 is 0 Å². The first-order chi connectivity index (χ1) is 12.8. The van der Waals surface area contributed by atoms with Crippen LogP contribution in [-0.2, 0) is 16.4 Å². The van der Waals surface area contributed by atoms with E-state index >= 15 is 0 Å². The van der Waals surface area contributed by atoms with Gasteiger partial charge in [0.2, 0.25) is 5.75 Å². The van der Waals surface area contributed by atoms with E-state index in [4.69, 9.17) is 14.2 Å². The van der Waals surface area contributed by atoms with E-state index in [1.54, 1.807) is 27.4 Å². The molecule has 0 aliphatic carbocycles. The normalized spacial score (nSPS) is 13.0. The molecule has 0 bridgehead atoms. The van der Waals surface area contributed by atoms with Crippen LogP contribution in [0.25, 0.3) is 0 Å². The van der Waals surface area contributed by atoms with Crippen LogP contribution in [0.15, 0.2) is 17.1 Å². The van der Waals surface area contributed by atoms with Crippen LogP contribution in [0.1, 0.15) is 25.8 Å². The lowest BCUT2D eigenvalue weighted by Gasteiger charge is -2.18. The molecule has 1 aromatic rings. The Morgan fingerprint density at radius 1 is 1.15 bits per heavy atom. The predicted octanol–water partition coefficient (Wildman–Crippen LogP) is 1.59. The van der Waals surface area contributed by atoms with Gasteiger partial charge in [-0.25, -0.2) is 13.4 Å². The zero-order valence-electron chi connectivity index (χ0n) is 17.0. The van der Waals surface area contributed by atoms with Crippen LogP contribution in [0.5, 0.6) is 17.2 Å². The Morgan fingerprint density at radius 2 is 1.81 bits per heavy atom. The Labute approximate surface area is 162 Å². The van der Waals surface area contributed by atoms with Gasteiger partial charge in [0.1, 0.15) is 9.84 Å². The number of nitrogens with zero attached hydrogens (tertiary/aromatic N) is 1. The van der Waals surface area contributed by atoms with Gasteiger partial charge in [-0.2, -0.15) is 0 Å². The van der Waals surface area contributed by atoms with Crippen LogP contribution in [0, 0.1) is 0 Å². The van der Waals surface area contributed by atoms with Crippen LogP contribution < -0.4 is 24.8 Å². The minimum absolute atomic E-state index is 0.0372. The molecule has 0 saturated heterocycles. The quantitative estimate of drug-likeness (QED) is 0.454. The summed E-state index contributed by atoms with van der Waals surface area (Å²) in [5.41, 5.74) is 0.844. The summed E-state index contributed by atoms with van der Waals surface area (Å²) in [5, 5.41) is 6.39. The lowest BCUT2D eigenvalue weighted by Crippen LogP contribution is -2.42. The average Bonchev–Trinajstić information content (AvgIpc) is 2.63. The monoisotopic (exact) mass is 401 g/mol. The molecular formula is C18H31N3O5S. The summed E-state index contributed by atoms with van der Waals surface area (Å²) in [4.78, 5) is 4.58. The van der Waals surface area contributed by atoms with Crippen molar-refractivity contribution in [1.29, 1.82) is 0 Å². The van der Waals surface area contributed by atoms with Gasteiger partial charge in [-0.15, -0.1) is 0 Å². The second-order valence-electron chi connectivity index (χ2n) is 6.15. The third kappa shape index (κ3) is 7.54. The van der Waals surface area contributed by atoms with E-state index in [0.717, 1.165) is 5.56 Å². The third-order valence-corrected chi connectivity index (χ3v) is 4.82. The molecule has 9 heteroatoms. The fourth-order valence-electron chi connectivity index (χ4n) is 2.47. The van der Waals surface area contributed by atoms with Gasteiger partial charge in [0.15, 0.2) is 17.5 Å². The number of nitrogens with one attached hydrogen (secondary N) is 2. The minimum Gasteiger partial charge on any atom is -0.493 e. The summed E-state index contributed by atoms with van der Waals surface area (Å²) in [6, 6.07) is 3.64. The number of hydrogen-bond donors (Lipinski definition) is 2. The van der Waals surface area contributed by atoms with Crippen molar-refractivity contribution in [3.8, 4) is 17.2 Å². The summed E-state index contributed by atoms with van der Waals surface area (Å²) in [7, 11) is 1.71. The van der Waals surface area contributed by atoms with Gasteiger partial charge in [0, 0.05) is 24.4 Å². The number of guanidine groups is 1. The molecule has 8 nitrogen and oxygen atoms in total. The van der Waals surface area contributed by atoms with Crippen molar-refractivity contribution in [3.63, 3.8) is 0 Å². The maximum absolute atomic E-state index is 11.3. The highest BCUT2D eigenvalue weighted by molar-refractivity contribution is 7.90. The zero-order valence-corrected chi connectivity index (χ0v) is 17.8. The molecule has 0 spiro atoms. The number of aliphatic imine (C=N–C) groups is 1. The molecule has 27 heavy (non-hydrogen) atoms. The van der Waals surface area contributed by atoms with Crippen LogP contribution in [-0.4, -0.2) is 60.3 Å². The molecule has 0 radical (unpaired) electrons. The number of benzene rings is 1. The molecule has 1 unspecified atom stereocenters. The highest BCUT2D eigenvalue weighted by Crippen LogP contribution is 2.39. The number of ether oxygens (including phenoxy) is 3. The topological polar surface area (TPSA) is 98.2 Å². The smallest absolute Gasteiger partial charge is 0.203 e. The molecule has 154 valence electrons. The number of rotatable bonds is 10. The zero-order chi connectivity index (χ0) is 20.4. The predicted molar refractivity (Wildman–Crippen MR) is 108 cm³/mol. The number of methoxy groups -OCH3 is 3. The SMILES string of the molecule is CCNC(=NCc1ccc(OC)c(OC)c1OC)NC(C)CCS(C)(=O)=O. The highest BCUT2D eigenvalue weighted by atomic mass is 32.2. The first kappa shape index (κ1) is 22.9. The molecule has 0 fully saturated rings. The van der Waals surface area contributed by atoms with E-state index in [1.807, 2.05) is 19.9 Å². The summed E-state index contributed by atoms with van der Waals surface area (Å²) in [6.07, 6.45) is 1.74. The fraction of sp³-hybridized carbons (Fsp3) is 0.611. The first-order valence-corrected chi connectivity index (χ1v) is 10.8. The Hall–Kier alpha value is -2.16. The fourth-order valence-corrected chi connectivity index (χ4v) is 3.25. The van der Waals surface area contributed by atoms with E-state index in [2.05, 4.69) is 15.6 Å². The number of hydrogen-bond acceptors (Lipinski definition) is 6. The van der Waals surface area contributed by atoms with Gasteiger partial charge in [0.25, 0.3) is 0 Å². The standard InChI is InChI=1S/C18H31N3O5S/c1-7-19-18(21-13(2)10-11-27(6,22)23)20-12-14-8-9-15(24-3)17(26-5)16(14)25-4/h8-9,13H,7,10-12H2,1-6H3,(H2,19,20,21). The average molecular weight is 402 g/mol. The molecule has 0 saturated carbocycles. The van der Waals surface area contributed by atoms with Gasteiger partial charge in [-0.3, -0.25) is 0 Å². The van der Waals surface area contributed by atoms with Crippen LogP contribution in [0.2, 0.25) is 0 Å². The largest absolute Gasteiger partial charge is 0.493 e. The summed E-state index contributed by atoms with van der Waals surface area (Å²) in [5.74, 6) is 2.41. The summed E-state index contributed by atoms with van der Waals surface area (Å²) >= 11 is 0. The van der Waals surface area contributed by atoms with Gasteiger partial charge in [0.05, 0.1) is 33.6 Å². The van der Waals surface area contributed by atoms with Crippen molar-refractivity contribution in [1.82, 2.24) is 10.6 Å². The van der Waals surface area contributed by atoms with E-state index in [-0.39, 0.29) is 11.8 Å². The summed E-state index contributed by atoms with van der Waals surface area (Å²) in [6.45, 7) is 4.94.